The van der Waals surface area contributed by atoms with Gasteiger partial charge in [-0.2, -0.15) is 5.10 Å². The van der Waals surface area contributed by atoms with Crippen LogP contribution in [0.15, 0.2) is 17.9 Å². The molecule has 4 rings (SSSR count). The first kappa shape index (κ1) is 12.5. The first-order valence-electron chi connectivity index (χ1n) is 6.86. The lowest BCUT2D eigenvalue weighted by Crippen LogP contribution is -2.22. The van der Waals surface area contributed by atoms with Gasteiger partial charge in [0, 0.05) is 24.5 Å². The molecule has 1 N–H and O–H groups in total. The Balaban J connectivity index is 1.94. The molecular weight excluding hydrogens is 288 g/mol. The number of hydrogen-bond acceptors (Lipinski definition) is 5. The Bertz CT molecular complexity index is 816. The van der Waals surface area contributed by atoms with E-state index < -0.39 is 0 Å². The molecule has 0 saturated heterocycles. The minimum absolute atomic E-state index is 0.0210. The van der Waals surface area contributed by atoms with Crippen molar-refractivity contribution in [3.63, 3.8) is 0 Å². The molecule has 108 valence electrons. The minimum atomic E-state index is -0.116. The molecule has 1 amide bonds. The van der Waals surface area contributed by atoms with Gasteiger partial charge in [-0.05, 0) is 6.92 Å². The van der Waals surface area contributed by atoms with E-state index in [1.165, 1.54) is 0 Å². The summed E-state index contributed by atoms with van der Waals surface area (Å²) in [5.74, 6) is 0.728. The molecule has 1 atom stereocenters. The van der Waals surface area contributed by atoms with E-state index in [4.69, 9.17) is 0 Å². The number of fused-ring (bicyclic) bond motifs is 3. The van der Waals surface area contributed by atoms with Gasteiger partial charge in [-0.15, -0.1) is 11.3 Å². The fourth-order valence-electron chi connectivity index (χ4n) is 2.88. The Morgan fingerprint density at radius 2 is 2.43 bits per heavy atom. The molecule has 21 heavy (non-hydrogen) atoms. The molecule has 1 aliphatic rings. The second-order valence-corrected chi connectivity index (χ2v) is 5.84. The van der Waals surface area contributed by atoms with Crippen molar-refractivity contribution >= 4 is 22.2 Å². The molecule has 0 saturated carbocycles. The summed E-state index contributed by atoms with van der Waals surface area (Å²) in [5, 5.41) is 9.15. The van der Waals surface area contributed by atoms with Gasteiger partial charge in [-0.25, -0.2) is 14.6 Å². The number of rotatable bonds is 2. The van der Waals surface area contributed by atoms with Crippen molar-refractivity contribution in [2.75, 3.05) is 0 Å². The van der Waals surface area contributed by atoms with Crippen LogP contribution in [0.2, 0.25) is 0 Å². The van der Waals surface area contributed by atoms with Crippen LogP contribution in [0.3, 0.4) is 0 Å². The number of imidazole rings is 1. The van der Waals surface area contributed by atoms with E-state index in [-0.39, 0.29) is 11.8 Å². The van der Waals surface area contributed by atoms with Crippen molar-refractivity contribution in [2.45, 2.75) is 32.4 Å². The van der Waals surface area contributed by atoms with Gasteiger partial charge in [0.25, 0.3) is 0 Å². The van der Waals surface area contributed by atoms with Crippen LogP contribution < -0.4 is 5.32 Å². The molecule has 1 aliphatic heterocycles. The van der Waals surface area contributed by atoms with E-state index in [0.29, 0.717) is 13.0 Å². The third-order valence-electron chi connectivity index (χ3n) is 3.80. The molecule has 7 nitrogen and oxygen atoms in total. The molecule has 3 aromatic rings. The van der Waals surface area contributed by atoms with Gasteiger partial charge >= 0.3 is 0 Å². The third-order valence-corrected chi connectivity index (χ3v) is 4.56. The van der Waals surface area contributed by atoms with E-state index in [1.807, 2.05) is 23.2 Å². The Morgan fingerprint density at radius 1 is 1.52 bits per heavy atom. The Morgan fingerprint density at radius 3 is 3.29 bits per heavy atom. The number of carbonyl (C=O) groups is 1. The van der Waals surface area contributed by atoms with Crippen LogP contribution in [-0.2, 0) is 17.9 Å². The normalized spacial score (nSPS) is 18.5. The molecular formula is C13H14N6OS. The van der Waals surface area contributed by atoms with Crippen LogP contribution >= 0.6 is 11.3 Å². The molecule has 3 aromatic heterocycles. The van der Waals surface area contributed by atoms with Gasteiger partial charge in [0.05, 0.1) is 23.9 Å². The molecule has 0 bridgehead atoms. The summed E-state index contributed by atoms with van der Waals surface area (Å²) in [6.07, 6.45) is 3.92. The summed E-state index contributed by atoms with van der Waals surface area (Å²) in [7, 11) is 0. The van der Waals surface area contributed by atoms with E-state index in [2.05, 4.69) is 24.8 Å². The van der Waals surface area contributed by atoms with Crippen molar-refractivity contribution < 1.29 is 4.79 Å². The van der Waals surface area contributed by atoms with Crippen LogP contribution in [0.4, 0.5) is 0 Å². The summed E-state index contributed by atoms with van der Waals surface area (Å²) < 4.78 is 3.92. The first-order chi connectivity index (χ1) is 10.3. The summed E-state index contributed by atoms with van der Waals surface area (Å²) in [6, 6.07) is 0. The zero-order valence-corrected chi connectivity index (χ0v) is 12.3. The van der Waals surface area contributed by atoms with Crippen molar-refractivity contribution in [1.29, 1.82) is 0 Å². The second-order valence-electron chi connectivity index (χ2n) is 4.97. The molecule has 4 heterocycles. The predicted molar refractivity (Wildman–Crippen MR) is 77.1 cm³/mol. The largest absolute Gasteiger partial charge is 0.350 e. The van der Waals surface area contributed by atoms with Crippen molar-refractivity contribution in [3.05, 3.63) is 35.1 Å². The van der Waals surface area contributed by atoms with Crippen LogP contribution in [0.5, 0.6) is 0 Å². The number of nitrogens with zero attached hydrogens (tertiary/aromatic N) is 5. The highest BCUT2D eigenvalue weighted by Gasteiger charge is 2.31. The van der Waals surface area contributed by atoms with Crippen LogP contribution in [0, 0.1) is 0 Å². The van der Waals surface area contributed by atoms with Crippen molar-refractivity contribution in [1.82, 2.24) is 29.5 Å². The van der Waals surface area contributed by atoms with Crippen molar-refractivity contribution in [2.24, 2.45) is 0 Å². The second kappa shape index (κ2) is 4.66. The van der Waals surface area contributed by atoms with E-state index in [0.717, 1.165) is 28.7 Å². The summed E-state index contributed by atoms with van der Waals surface area (Å²) in [5.41, 5.74) is 1.97. The molecule has 8 heteroatoms. The SMILES string of the molecule is CCn1ncnc1[C@H]1CC(=O)NCc2nc3sccn3c21. The molecule has 0 radical (unpaired) electrons. The van der Waals surface area contributed by atoms with Gasteiger partial charge in [-0.3, -0.25) is 9.20 Å². The maximum atomic E-state index is 12.0. The maximum Gasteiger partial charge on any atom is 0.221 e. The average molecular weight is 302 g/mol. The summed E-state index contributed by atoms with van der Waals surface area (Å²) in [6.45, 7) is 3.22. The lowest BCUT2D eigenvalue weighted by Gasteiger charge is -2.14. The number of carbonyl (C=O) groups excluding carboxylic acids is 1. The molecule has 0 unspecified atom stereocenters. The average Bonchev–Trinajstić information content (AvgIpc) is 3.16. The Hall–Kier alpha value is -2.22. The summed E-state index contributed by atoms with van der Waals surface area (Å²) >= 11 is 1.59. The van der Waals surface area contributed by atoms with Gasteiger partial charge in [0.15, 0.2) is 4.96 Å². The topological polar surface area (TPSA) is 77.1 Å². The lowest BCUT2D eigenvalue weighted by atomic mass is 9.99. The number of amides is 1. The fraction of sp³-hybridized carbons (Fsp3) is 0.385. The zero-order valence-electron chi connectivity index (χ0n) is 11.5. The minimum Gasteiger partial charge on any atom is -0.350 e. The Kier molecular flexibility index (Phi) is 2.78. The highest BCUT2D eigenvalue weighted by molar-refractivity contribution is 7.15. The van der Waals surface area contributed by atoms with E-state index in [9.17, 15) is 4.79 Å². The number of hydrogen-bond donors (Lipinski definition) is 1. The molecule has 0 spiro atoms. The standard InChI is InChI=1S/C13H14N6OS/c1-2-19-12(15-7-16-19)8-5-10(20)14-6-9-11(8)18-3-4-21-13(18)17-9/h3-4,7-8H,2,5-6H2,1H3,(H,14,20)/t8-/m0/s1. The highest BCUT2D eigenvalue weighted by Crippen LogP contribution is 2.33. The van der Waals surface area contributed by atoms with Crippen LogP contribution in [0.25, 0.3) is 4.96 Å². The van der Waals surface area contributed by atoms with Crippen LogP contribution in [0.1, 0.15) is 36.5 Å². The predicted octanol–water partition coefficient (Wildman–Crippen LogP) is 1.16. The zero-order chi connectivity index (χ0) is 14.4. The van der Waals surface area contributed by atoms with Crippen LogP contribution in [-0.4, -0.2) is 30.1 Å². The molecule has 0 aliphatic carbocycles. The number of thiazole rings is 1. The number of aryl methyl sites for hydroxylation is 1. The number of aromatic nitrogens is 5. The highest BCUT2D eigenvalue weighted by atomic mass is 32.1. The summed E-state index contributed by atoms with van der Waals surface area (Å²) in [4.78, 5) is 22.0. The molecule has 0 fully saturated rings. The van der Waals surface area contributed by atoms with Gasteiger partial charge in [-0.1, -0.05) is 0 Å². The van der Waals surface area contributed by atoms with E-state index in [1.54, 1.807) is 17.7 Å². The maximum absolute atomic E-state index is 12.0. The van der Waals surface area contributed by atoms with E-state index >= 15 is 0 Å². The smallest absolute Gasteiger partial charge is 0.221 e. The number of nitrogens with one attached hydrogen (secondary N) is 1. The third kappa shape index (κ3) is 1.86. The van der Waals surface area contributed by atoms with Crippen molar-refractivity contribution in [3.8, 4) is 0 Å². The van der Waals surface area contributed by atoms with Gasteiger partial charge in [0.2, 0.25) is 5.91 Å². The quantitative estimate of drug-likeness (QED) is 0.770. The monoisotopic (exact) mass is 302 g/mol. The molecule has 0 aromatic carbocycles. The van der Waals surface area contributed by atoms with Gasteiger partial charge < -0.3 is 5.32 Å². The fourth-order valence-corrected chi connectivity index (χ4v) is 3.62. The Labute approximate surface area is 124 Å². The van der Waals surface area contributed by atoms with Gasteiger partial charge in [0.1, 0.15) is 12.2 Å². The first-order valence-corrected chi connectivity index (χ1v) is 7.74. The lowest BCUT2D eigenvalue weighted by molar-refractivity contribution is -0.121.